The summed E-state index contributed by atoms with van der Waals surface area (Å²) in [5.74, 6) is 0. The molecule has 20 heavy (non-hydrogen) atoms. The number of benzene rings is 1. The fraction of sp³-hybridized carbons (Fsp3) is 0.0909. The molecule has 0 saturated heterocycles. The monoisotopic (exact) mass is 328 g/mol. The minimum absolute atomic E-state index is 0.106. The zero-order valence-electron chi connectivity index (χ0n) is 10.2. The van der Waals surface area contributed by atoms with E-state index in [9.17, 15) is 8.42 Å². The standard InChI is InChI=1S/C11H9ClN4O2S2/c1-6-10(5-13-15-6)20(17,18)16-11-14-8-3-2-7(12)4-9(8)19-11/h2-5H,1H3,(H,13,15)(H,14,16). The number of thiazole rings is 1. The van der Waals surface area contributed by atoms with E-state index in [4.69, 9.17) is 11.6 Å². The van der Waals surface area contributed by atoms with Gasteiger partial charge in [-0.25, -0.2) is 13.4 Å². The maximum atomic E-state index is 12.2. The summed E-state index contributed by atoms with van der Waals surface area (Å²) in [4.78, 5) is 4.32. The summed E-state index contributed by atoms with van der Waals surface area (Å²) >= 11 is 7.12. The average Bonchev–Trinajstić information content (AvgIpc) is 2.93. The molecule has 0 radical (unpaired) electrons. The summed E-state index contributed by atoms with van der Waals surface area (Å²) in [5, 5.41) is 7.18. The second kappa shape index (κ2) is 4.72. The number of anilines is 1. The molecular formula is C11H9ClN4O2S2. The van der Waals surface area contributed by atoms with E-state index in [1.807, 2.05) is 0 Å². The first-order valence-corrected chi connectivity index (χ1v) is 8.22. The number of halogens is 1. The quantitative estimate of drug-likeness (QED) is 0.773. The van der Waals surface area contributed by atoms with Crippen LogP contribution in [0.2, 0.25) is 5.02 Å². The summed E-state index contributed by atoms with van der Waals surface area (Å²) < 4.78 is 27.7. The SMILES string of the molecule is Cc1[nH]ncc1S(=O)(=O)Nc1nc2ccc(Cl)cc2s1. The molecule has 2 aromatic heterocycles. The van der Waals surface area contributed by atoms with Crippen LogP contribution in [-0.4, -0.2) is 23.6 Å². The highest BCUT2D eigenvalue weighted by atomic mass is 35.5. The van der Waals surface area contributed by atoms with E-state index in [2.05, 4.69) is 19.9 Å². The predicted molar refractivity (Wildman–Crippen MR) is 78.8 cm³/mol. The van der Waals surface area contributed by atoms with Crippen molar-refractivity contribution in [1.29, 1.82) is 0 Å². The molecule has 0 bridgehead atoms. The molecule has 0 aliphatic carbocycles. The number of sulfonamides is 1. The van der Waals surface area contributed by atoms with Gasteiger partial charge in [-0.15, -0.1) is 0 Å². The largest absolute Gasteiger partial charge is 0.281 e. The maximum absolute atomic E-state index is 12.2. The zero-order valence-corrected chi connectivity index (χ0v) is 12.6. The van der Waals surface area contributed by atoms with Crippen LogP contribution < -0.4 is 4.72 Å². The summed E-state index contributed by atoms with van der Waals surface area (Å²) in [7, 11) is -3.69. The van der Waals surface area contributed by atoms with Crippen LogP contribution in [0, 0.1) is 6.92 Å². The first-order chi connectivity index (χ1) is 9.45. The van der Waals surface area contributed by atoms with Gasteiger partial charge in [-0.2, -0.15) is 5.10 Å². The van der Waals surface area contributed by atoms with E-state index in [1.54, 1.807) is 25.1 Å². The van der Waals surface area contributed by atoms with Crippen LogP contribution in [0.3, 0.4) is 0 Å². The van der Waals surface area contributed by atoms with Gasteiger partial charge in [-0.3, -0.25) is 9.82 Å². The average molecular weight is 329 g/mol. The Morgan fingerprint density at radius 2 is 2.20 bits per heavy atom. The molecule has 1 aromatic carbocycles. The number of rotatable bonds is 3. The molecule has 0 amide bonds. The summed E-state index contributed by atoms with van der Waals surface area (Å²) in [5.41, 5.74) is 1.17. The molecule has 6 nitrogen and oxygen atoms in total. The first kappa shape index (κ1) is 13.3. The molecular weight excluding hydrogens is 320 g/mol. The van der Waals surface area contributed by atoms with Crippen molar-refractivity contribution in [2.75, 3.05) is 4.72 Å². The summed E-state index contributed by atoms with van der Waals surface area (Å²) in [6.07, 6.45) is 1.27. The minimum atomic E-state index is -3.69. The van der Waals surface area contributed by atoms with Crippen LogP contribution in [0.15, 0.2) is 29.3 Å². The van der Waals surface area contributed by atoms with Crippen molar-refractivity contribution in [1.82, 2.24) is 15.2 Å². The third-order valence-corrected chi connectivity index (χ3v) is 5.40. The highest BCUT2D eigenvalue weighted by Crippen LogP contribution is 2.29. The molecule has 0 spiro atoms. The molecule has 104 valence electrons. The number of fused-ring (bicyclic) bond motifs is 1. The highest BCUT2D eigenvalue weighted by molar-refractivity contribution is 7.93. The number of aryl methyl sites for hydroxylation is 1. The lowest BCUT2D eigenvalue weighted by Gasteiger charge is -2.02. The highest BCUT2D eigenvalue weighted by Gasteiger charge is 2.20. The summed E-state index contributed by atoms with van der Waals surface area (Å²) in [6, 6.07) is 5.20. The van der Waals surface area contributed by atoms with Crippen molar-refractivity contribution in [2.45, 2.75) is 11.8 Å². The second-order valence-electron chi connectivity index (χ2n) is 4.10. The molecule has 0 aliphatic heterocycles. The van der Waals surface area contributed by atoms with Crippen molar-refractivity contribution in [3.05, 3.63) is 35.1 Å². The van der Waals surface area contributed by atoms with E-state index in [0.29, 0.717) is 21.4 Å². The Balaban J connectivity index is 1.99. The maximum Gasteiger partial charge on any atom is 0.267 e. The van der Waals surface area contributed by atoms with Crippen molar-refractivity contribution >= 4 is 48.3 Å². The van der Waals surface area contributed by atoms with Gasteiger partial charge in [0.15, 0.2) is 5.13 Å². The third kappa shape index (κ3) is 2.37. The van der Waals surface area contributed by atoms with Crippen molar-refractivity contribution in [2.24, 2.45) is 0 Å². The van der Waals surface area contributed by atoms with Gasteiger partial charge in [0.2, 0.25) is 0 Å². The van der Waals surface area contributed by atoms with E-state index in [0.717, 1.165) is 4.70 Å². The Morgan fingerprint density at radius 1 is 1.40 bits per heavy atom. The zero-order chi connectivity index (χ0) is 14.3. The van der Waals surface area contributed by atoms with Gasteiger partial charge in [0.1, 0.15) is 4.90 Å². The predicted octanol–water partition coefficient (Wildman–Crippen LogP) is 2.78. The number of H-pyrrole nitrogens is 1. The number of hydrogen-bond donors (Lipinski definition) is 2. The van der Waals surface area contributed by atoms with Gasteiger partial charge in [0.05, 0.1) is 22.1 Å². The van der Waals surface area contributed by atoms with E-state index >= 15 is 0 Å². The number of aromatic nitrogens is 3. The second-order valence-corrected chi connectivity index (χ2v) is 7.21. The smallest absolute Gasteiger partial charge is 0.267 e. The third-order valence-electron chi connectivity index (χ3n) is 2.65. The lowest BCUT2D eigenvalue weighted by atomic mass is 10.3. The van der Waals surface area contributed by atoms with E-state index in [1.165, 1.54) is 17.5 Å². The normalized spacial score (nSPS) is 11.9. The van der Waals surface area contributed by atoms with Crippen molar-refractivity contribution in [3.8, 4) is 0 Å². The van der Waals surface area contributed by atoms with Gasteiger partial charge in [0, 0.05) is 5.02 Å². The van der Waals surface area contributed by atoms with Crippen LogP contribution in [0.25, 0.3) is 10.2 Å². The summed E-state index contributed by atoms with van der Waals surface area (Å²) in [6.45, 7) is 1.64. The van der Waals surface area contributed by atoms with Gasteiger partial charge < -0.3 is 0 Å². The molecule has 2 heterocycles. The van der Waals surface area contributed by atoms with Crippen LogP contribution >= 0.6 is 22.9 Å². The minimum Gasteiger partial charge on any atom is -0.281 e. The Labute approximate surface area is 123 Å². The van der Waals surface area contributed by atoms with Gasteiger partial charge in [-0.1, -0.05) is 22.9 Å². The molecule has 0 fully saturated rings. The molecule has 3 aromatic rings. The van der Waals surface area contributed by atoms with Crippen LogP contribution in [0.4, 0.5) is 5.13 Å². The lowest BCUT2D eigenvalue weighted by molar-refractivity contribution is 0.600. The molecule has 2 N–H and O–H groups in total. The van der Waals surface area contributed by atoms with Crippen molar-refractivity contribution in [3.63, 3.8) is 0 Å². The Bertz CT molecular complexity index is 885. The van der Waals surface area contributed by atoms with Crippen LogP contribution in [0.5, 0.6) is 0 Å². The van der Waals surface area contributed by atoms with E-state index < -0.39 is 10.0 Å². The fourth-order valence-corrected chi connectivity index (χ4v) is 4.24. The van der Waals surface area contributed by atoms with Gasteiger partial charge in [-0.05, 0) is 25.1 Å². The molecule has 3 rings (SSSR count). The number of nitrogens with zero attached hydrogens (tertiary/aromatic N) is 2. The van der Waals surface area contributed by atoms with Gasteiger partial charge >= 0.3 is 0 Å². The molecule has 0 saturated carbocycles. The Morgan fingerprint density at radius 3 is 2.90 bits per heavy atom. The molecule has 0 unspecified atom stereocenters. The number of nitrogens with one attached hydrogen (secondary N) is 2. The molecule has 0 aliphatic rings. The molecule has 9 heteroatoms. The Kier molecular flexibility index (Phi) is 3.15. The lowest BCUT2D eigenvalue weighted by Crippen LogP contribution is -2.13. The fourth-order valence-electron chi connectivity index (χ4n) is 1.72. The van der Waals surface area contributed by atoms with Crippen LogP contribution in [-0.2, 0) is 10.0 Å². The topological polar surface area (TPSA) is 87.7 Å². The number of aromatic amines is 1. The number of hydrogen-bond acceptors (Lipinski definition) is 5. The molecule has 0 atom stereocenters. The van der Waals surface area contributed by atoms with Crippen molar-refractivity contribution < 1.29 is 8.42 Å². The Hall–Kier alpha value is -1.64. The van der Waals surface area contributed by atoms with Gasteiger partial charge in [0.25, 0.3) is 10.0 Å². The van der Waals surface area contributed by atoms with Crippen LogP contribution in [0.1, 0.15) is 5.69 Å². The first-order valence-electron chi connectivity index (χ1n) is 5.54. The van der Waals surface area contributed by atoms with E-state index in [-0.39, 0.29) is 4.90 Å².